The smallest absolute Gasteiger partial charge is 0.229 e. The number of rotatable bonds is 4. The van der Waals surface area contributed by atoms with Crippen LogP contribution in [0.5, 0.6) is 5.88 Å². The fourth-order valence-electron chi connectivity index (χ4n) is 2.82. The van der Waals surface area contributed by atoms with Gasteiger partial charge in [-0.3, -0.25) is 0 Å². The fraction of sp³-hybridized carbons (Fsp3) is 0.733. The van der Waals surface area contributed by atoms with Crippen LogP contribution in [0.2, 0.25) is 0 Å². The third-order valence-electron chi connectivity index (χ3n) is 3.71. The first-order valence-electron chi connectivity index (χ1n) is 7.52. The molecule has 0 amide bonds. The molecule has 1 aliphatic rings. The molecule has 0 spiro atoms. The summed E-state index contributed by atoms with van der Waals surface area (Å²) < 4.78 is 5.72. The van der Waals surface area contributed by atoms with E-state index in [1.54, 1.807) is 0 Å². The Morgan fingerprint density at radius 2 is 2.15 bits per heavy atom. The summed E-state index contributed by atoms with van der Waals surface area (Å²) in [7, 11) is 0. The Bertz CT molecular complexity index is 449. The summed E-state index contributed by atoms with van der Waals surface area (Å²) in [6, 6.07) is 2.63. The molecule has 2 heterocycles. The van der Waals surface area contributed by atoms with E-state index in [9.17, 15) is 0 Å². The molecule has 0 bridgehead atoms. The summed E-state index contributed by atoms with van der Waals surface area (Å²) in [6.07, 6.45) is 3.61. The second-order valence-corrected chi connectivity index (χ2v) is 5.89. The predicted molar refractivity (Wildman–Crippen MR) is 81.2 cm³/mol. The van der Waals surface area contributed by atoms with E-state index >= 15 is 0 Å². The number of aryl methyl sites for hydroxylation is 1. The molecule has 2 N–H and O–H groups in total. The summed E-state index contributed by atoms with van der Waals surface area (Å²) in [5.74, 6) is 1.40. The Morgan fingerprint density at radius 3 is 2.80 bits per heavy atom. The highest BCUT2D eigenvalue weighted by Crippen LogP contribution is 2.28. The second-order valence-electron chi connectivity index (χ2n) is 5.89. The van der Waals surface area contributed by atoms with Crippen LogP contribution in [0.25, 0.3) is 0 Å². The van der Waals surface area contributed by atoms with E-state index in [0.29, 0.717) is 24.5 Å². The van der Waals surface area contributed by atoms with Crippen LogP contribution in [-0.4, -0.2) is 34.7 Å². The molecule has 0 aliphatic carbocycles. The fourth-order valence-corrected chi connectivity index (χ4v) is 2.82. The number of hydrogen-bond donors (Lipinski definition) is 1. The molecule has 2 rings (SSSR count). The van der Waals surface area contributed by atoms with Gasteiger partial charge in [-0.05, 0) is 47.0 Å². The van der Waals surface area contributed by atoms with Crippen molar-refractivity contribution in [2.24, 2.45) is 5.73 Å². The van der Waals surface area contributed by atoms with Gasteiger partial charge in [-0.25, -0.2) is 4.98 Å². The molecular weight excluding hydrogens is 252 g/mol. The van der Waals surface area contributed by atoms with E-state index in [-0.39, 0.29) is 6.10 Å². The molecule has 5 heteroatoms. The van der Waals surface area contributed by atoms with Crippen molar-refractivity contribution in [3.63, 3.8) is 0 Å². The molecule has 1 aliphatic heterocycles. The van der Waals surface area contributed by atoms with Crippen molar-refractivity contribution in [1.82, 2.24) is 9.97 Å². The molecule has 1 saturated heterocycles. The number of nitrogens with two attached hydrogens (primary N) is 1. The van der Waals surface area contributed by atoms with Crippen molar-refractivity contribution in [2.45, 2.75) is 65.1 Å². The molecule has 2 atom stereocenters. The lowest BCUT2D eigenvalue weighted by Crippen LogP contribution is -2.49. The molecule has 112 valence electrons. The average molecular weight is 278 g/mol. The number of anilines is 1. The molecule has 0 radical (unpaired) electrons. The summed E-state index contributed by atoms with van der Waals surface area (Å²) >= 11 is 0. The van der Waals surface area contributed by atoms with E-state index in [1.807, 2.05) is 26.8 Å². The maximum absolute atomic E-state index is 5.92. The van der Waals surface area contributed by atoms with Crippen LogP contribution in [-0.2, 0) is 0 Å². The molecule has 1 aromatic rings. The third-order valence-corrected chi connectivity index (χ3v) is 3.71. The van der Waals surface area contributed by atoms with Crippen LogP contribution in [0.4, 0.5) is 5.95 Å². The first kappa shape index (κ1) is 15.0. The summed E-state index contributed by atoms with van der Waals surface area (Å²) in [4.78, 5) is 11.4. The lowest BCUT2D eigenvalue weighted by Gasteiger charge is -2.40. The van der Waals surface area contributed by atoms with Gasteiger partial charge in [-0.1, -0.05) is 0 Å². The van der Waals surface area contributed by atoms with Gasteiger partial charge in [0.25, 0.3) is 0 Å². The van der Waals surface area contributed by atoms with Crippen LogP contribution in [0, 0.1) is 6.92 Å². The second kappa shape index (κ2) is 6.39. The number of aromatic nitrogens is 2. The molecule has 0 aromatic carbocycles. The van der Waals surface area contributed by atoms with Gasteiger partial charge in [-0.15, -0.1) is 0 Å². The lowest BCUT2D eigenvalue weighted by atomic mass is 9.97. The molecule has 1 fully saturated rings. The normalized spacial score (nSPS) is 23.2. The number of piperidine rings is 1. The third kappa shape index (κ3) is 3.39. The van der Waals surface area contributed by atoms with Crippen LogP contribution < -0.4 is 15.4 Å². The zero-order valence-electron chi connectivity index (χ0n) is 13.0. The maximum Gasteiger partial charge on any atom is 0.229 e. The Balaban J connectivity index is 2.31. The minimum Gasteiger partial charge on any atom is -0.475 e. The van der Waals surface area contributed by atoms with Gasteiger partial charge in [-0.2, -0.15) is 4.98 Å². The van der Waals surface area contributed by atoms with E-state index in [4.69, 9.17) is 10.5 Å². The maximum atomic E-state index is 5.92. The molecule has 5 nitrogen and oxygen atoms in total. The van der Waals surface area contributed by atoms with E-state index in [0.717, 1.165) is 24.5 Å². The first-order valence-corrected chi connectivity index (χ1v) is 7.52. The van der Waals surface area contributed by atoms with Crippen LogP contribution in [0.15, 0.2) is 6.07 Å². The topological polar surface area (TPSA) is 64.3 Å². The van der Waals surface area contributed by atoms with Gasteiger partial charge >= 0.3 is 0 Å². The molecule has 20 heavy (non-hydrogen) atoms. The highest BCUT2D eigenvalue weighted by molar-refractivity contribution is 5.38. The van der Waals surface area contributed by atoms with Crippen molar-refractivity contribution in [3.8, 4) is 5.88 Å². The van der Waals surface area contributed by atoms with Gasteiger partial charge in [0, 0.05) is 30.4 Å². The molecular formula is C15H26N4O. The van der Waals surface area contributed by atoms with E-state index < -0.39 is 0 Å². The number of ether oxygens (including phenoxy) is 1. The zero-order chi connectivity index (χ0) is 14.7. The van der Waals surface area contributed by atoms with E-state index in [2.05, 4.69) is 21.8 Å². The number of nitrogens with zero attached hydrogens (tertiary/aromatic N) is 3. The van der Waals surface area contributed by atoms with Gasteiger partial charge in [0.2, 0.25) is 11.8 Å². The predicted octanol–water partition coefficient (Wildman–Crippen LogP) is 2.28. The zero-order valence-corrected chi connectivity index (χ0v) is 13.0. The Morgan fingerprint density at radius 1 is 1.40 bits per heavy atom. The van der Waals surface area contributed by atoms with Crippen molar-refractivity contribution in [3.05, 3.63) is 11.8 Å². The minimum absolute atomic E-state index is 0.112. The van der Waals surface area contributed by atoms with Crippen LogP contribution in [0.3, 0.4) is 0 Å². The first-order chi connectivity index (χ1) is 9.51. The molecule has 0 saturated carbocycles. The summed E-state index contributed by atoms with van der Waals surface area (Å²) in [5, 5.41) is 0. The molecule has 2 unspecified atom stereocenters. The van der Waals surface area contributed by atoms with Gasteiger partial charge < -0.3 is 15.4 Å². The Hall–Kier alpha value is -1.36. The quantitative estimate of drug-likeness (QED) is 0.915. The van der Waals surface area contributed by atoms with E-state index in [1.165, 1.54) is 6.42 Å². The SMILES string of the molecule is Cc1cc(OC(C)C)nc(N2C(C)CCCC2CN)n1. The Kier molecular flexibility index (Phi) is 4.81. The van der Waals surface area contributed by atoms with Gasteiger partial charge in [0.15, 0.2) is 0 Å². The van der Waals surface area contributed by atoms with Crippen molar-refractivity contribution < 1.29 is 4.74 Å². The summed E-state index contributed by atoms with van der Waals surface area (Å²) in [5.41, 5.74) is 6.85. The summed E-state index contributed by atoms with van der Waals surface area (Å²) in [6.45, 7) is 8.84. The van der Waals surface area contributed by atoms with Gasteiger partial charge in [0.05, 0.1) is 6.10 Å². The average Bonchev–Trinajstić information content (AvgIpc) is 2.36. The minimum atomic E-state index is 0.112. The van der Waals surface area contributed by atoms with Crippen LogP contribution >= 0.6 is 0 Å². The molecule has 1 aromatic heterocycles. The highest BCUT2D eigenvalue weighted by Gasteiger charge is 2.29. The lowest BCUT2D eigenvalue weighted by molar-refractivity contribution is 0.231. The van der Waals surface area contributed by atoms with Crippen molar-refractivity contribution in [2.75, 3.05) is 11.4 Å². The Labute approximate surface area is 121 Å². The van der Waals surface area contributed by atoms with Crippen molar-refractivity contribution in [1.29, 1.82) is 0 Å². The van der Waals surface area contributed by atoms with Crippen molar-refractivity contribution >= 4 is 5.95 Å². The largest absolute Gasteiger partial charge is 0.475 e. The standard InChI is InChI=1S/C15H26N4O/c1-10(2)20-14-8-11(3)17-15(18-14)19-12(4)6-5-7-13(19)9-16/h8,10,12-13H,5-7,9,16H2,1-4H3. The monoisotopic (exact) mass is 278 g/mol. The number of hydrogen-bond acceptors (Lipinski definition) is 5. The van der Waals surface area contributed by atoms with Gasteiger partial charge in [0.1, 0.15) is 0 Å². The highest BCUT2D eigenvalue weighted by atomic mass is 16.5. The van der Waals surface area contributed by atoms with Crippen LogP contribution in [0.1, 0.15) is 45.7 Å².